The van der Waals surface area contributed by atoms with Crippen LogP contribution in [0.3, 0.4) is 0 Å². The Morgan fingerprint density at radius 1 is 1.40 bits per heavy atom. The average Bonchev–Trinajstić information content (AvgIpc) is 3.32. The van der Waals surface area contributed by atoms with Crippen molar-refractivity contribution in [3.05, 3.63) is 59.7 Å². The van der Waals surface area contributed by atoms with E-state index < -0.39 is 0 Å². The number of fused-ring (bicyclic) bond motifs is 2. The van der Waals surface area contributed by atoms with E-state index in [0.29, 0.717) is 18.8 Å². The third kappa shape index (κ3) is 3.56. The first-order valence-electron chi connectivity index (χ1n) is 10.2. The maximum atomic E-state index is 13.2. The number of aliphatic imine (C=N–C) groups is 2. The number of allylic oxidation sites excluding steroid dienone is 1. The predicted octanol–water partition coefficient (Wildman–Crippen LogP) is 1.82. The highest BCUT2D eigenvalue weighted by Crippen LogP contribution is 2.30. The highest BCUT2D eigenvalue weighted by molar-refractivity contribution is 6.13. The van der Waals surface area contributed by atoms with Crippen molar-refractivity contribution < 1.29 is 4.79 Å². The SMILES string of the molecule is CC[C@H](C)C1NC2=C(C=CCN=C(N)N)N=C(c3c[nH]c4ccccc34)CN2C1=O. The molecule has 3 heterocycles. The van der Waals surface area contributed by atoms with Crippen molar-refractivity contribution in [3.63, 3.8) is 0 Å². The van der Waals surface area contributed by atoms with E-state index in [1.807, 2.05) is 36.5 Å². The fourth-order valence-electron chi connectivity index (χ4n) is 3.83. The van der Waals surface area contributed by atoms with Gasteiger partial charge < -0.3 is 21.8 Å². The van der Waals surface area contributed by atoms with Gasteiger partial charge in [-0.15, -0.1) is 0 Å². The molecular formula is C22H27N7O. The monoisotopic (exact) mass is 405 g/mol. The van der Waals surface area contributed by atoms with Gasteiger partial charge in [0, 0.05) is 22.7 Å². The van der Waals surface area contributed by atoms with Gasteiger partial charge in [-0.05, 0) is 18.1 Å². The Kier molecular flexibility index (Phi) is 5.31. The molecule has 1 amide bonds. The van der Waals surface area contributed by atoms with Crippen LogP contribution in [-0.4, -0.2) is 46.6 Å². The van der Waals surface area contributed by atoms with Gasteiger partial charge in [0.05, 0.1) is 18.8 Å². The number of guanidine groups is 1. The number of hydrogen-bond acceptors (Lipinski definition) is 4. The summed E-state index contributed by atoms with van der Waals surface area (Å²) in [5, 5.41) is 4.49. The number of carbonyl (C=O) groups excluding carboxylic acids is 1. The lowest BCUT2D eigenvalue weighted by Crippen LogP contribution is -2.38. The molecular weight excluding hydrogens is 378 g/mol. The lowest BCUT2D eigenvalue weighted by Gasteiger charge is -2.24. The molecule has 4 rings (SSSR count). The van der Waals surface area contributed by atoms with E-state index in [1.54, 1.807) is 4.90 Å². The van der Waals surface area contributed by atoms with Crippen molar-refractivity contribution in [2.45, 2.75) is 26.3 Å². The summed E-state index contributed by atoms with van der Waals surface area (Å²) >= 11 is 0. The van der Waals surface area contributed by atoms with Crippen molar-refractivity contribution in [1.82, 2.24) is 15.2 Å². The first kappa shape index (κ1) is 19.8. The van der Waals surface area contributed by atoms with Gasteiger partial charge in [0.15, 0.2) is 5.96 Å². The molecule has 30 heavy (non-hydrogen) atoms. The minimum Gasteiger partial charge on any atom is -0.370 e. The molecule has 8 heteroatoms. The zero-order valence-electron chi connectivity index (χ0n) is 17.2. The summed E-state index contributed by atoms with van der Waals surface area (Å²) in [6, 6.07) is 7.83. The highest BCUT2D eigenvalue weighted by Gasteiger charge is 2.41. The van der Waals surface area contributed by atoms with Gasteiger partial charge in [0.25, 0.3) is 5.91 Å². The minimum absolute atomic E-state index is 0.0385. The second-order valence-electron chi connectivity index (χ2n) is 7.64. The molecule has 1 aromatic heterocycles. The molecule has 1 unspecified atom stereocenters. The topological polar surface area (TPSA) is 125 Å². The number of benzene rings is 1. The average molecular weight is 406 g/mol. The zero-order valence-corrected chi connectivity index (χ0v) is 17.2. The molecule has 2 aliphatic rings. The number of para-hydroxylation sites is 1. The zero-order chi connectivity index (χ0) is 21.3. The lowest BCUT2D eigenvalue weighted by atomic mass is 9.99. The molecule has 2 atom stereocenters. The number of hydrogen-bond donors (Lipinski definition) is 4. The number of H-pyrrole nitrogens is 1. The number of amides is 1. The molecule has 8 nitrogen and oxygen atoms in total. The quantitative estimate of drug-likeness (QED) is 0.432. The summed E-state index contributed by atoms with van der Waals surface area (Å²) in [4.78, 5) is 27.2. The van der Waals surface area contributed by atoms with Crippen molar-refractivity contribution in [2.24, 2.45) is 27.4 Å². The minimum atomic E-state index is -0.247. The van der Waals surface area contributed by atoms with Gasteiger partial charge in [-0.3, -0.25) is 9.69 Å². The van der Waals surface area contributed by atoms with Gasteiger partial charge >= 0.3 is 0 Å². The predicted molar refractivity (Wildman–Crippen MR) is 120 cm³/mol. The summed E-state index contributed by atoms with van der Waals surface area (Å²) < 4.78 is 0. The van der Waals surface area contributed by atoms with Crippen LogP contribution in [0.4, 0.5) is 0 Å². The molecule has 1 aromatic carbocycles. The van der Waals surface area contributed by atoms with Crippen LogP contribution in [0.25, 0.3) is 10.9 Å². The second kappa shape index (κ2) is 8.06. The van der Waals surface area contributed by atoms with Crippen molar-refractivity contribution in [1.29, 1.82) is 0 Å². The number of aromatic nitrogens is 1. The fraction of sp³-hybridized carbons (Fsp3) is 0.318. The molecule has 1 fully saturated rings. The molecule has 0 spiro atoms. The van der Waals surface area contributed by atoms with Crippen molar-refractivity contribution in [2.75, 3.05) is 13.1 Å². The molecule has 6 N–H and O–H groups in total. The third-order valence-electron chi connectivity index (χ3n) is 5.67. The van der Waals surface area contributed by atoms with Gasteiger partial charge in [-0.25, -0.2) is 9.98 Å². The van der Waals surface area contributed by atoms with Crippen LogP contribution in [-0.2, 0) is 4.79 Å². The number of nitrogens with one attached hydrogen (secondary N) is 2. The Balaban J connectivity index is 1.74. The summed E-state index contributed by atoms with van der Waals surface area (Å²) in [5.41, 5.74) is 14.4. The summed E-state index contributed by atoms with van der Waals surface area (Å²) in [6.45, 7) is 4.96. The van der Waals surface area contributed by atoms with Crippen LogP contribution in [0.5, 0.6) is 0 Å². The molecule has 0 aliphatic carbocycles. The standard InChI is InChI=1S/C22H27N7O/c1-3-13(2)19-21(30)29-12-18(15-11-26-16-8-5-4-7-14(15)16)27-17(20(29)28-19)9-6-10-25-22(23)24/h4-9,11,13,19,26,28H,3,10,12H2,1-2H3,(H4,23,24,25)/t13-,19?/m0/s1. The molecule has 1 saturated heterocycles. The third-order valence-corrected chi connectivity index (χ3v) is 5.67. The van der Waals surface area contributed by atoms with Crippen LogP contribution in [0, 0.1) is 5.92 Å². The maximum Gasteiger partial charge on any atom is 0.251 e. The van der Waals surface area contributed by atoms with E-state index in [4.69, 9.17) is 16.5 Å². The Morgan fingerprint density at radius 2 is 2.20 bits per heavy atom. The summed E-state index contributed by atoms with van der Waals surface area (Å²) in [7, 11) is 0. The molecule has 0 saturated carbocycles. The van der Waals surface area contributed by atoms with E-state index in [2.05, 4.69) is 35.2 Å². The lowest BCUT2D eigenvalue weighted by molar-refractivity contribution is -0.128. The number of nitrogens with two attached hydrogens (primary N) is 2. The molecule has 156 valence electrons. The van der Waals surface area contributed by atoms with Crippen molar-refractivity contribution in [3.8, 4) is 0 Å². The van der Waals surface area contributed by atoms with Gasteiger partial charge in [-0.2, -0.15) is 0 Å². The van der Waals surface area contributed by atoms with Crippen LogP contribution in [0.2, 0.25) is 0 Å². The number of rotatable bonds is 6. The van der Waals surface area contributed by atoms with Crippen molar-refractivity contribution >= 4 is 28.5 Å². The smallest absolute Gasteiger partial charge is 0.251 e. The number of aromatic amines is 1. The fourth-order valence-corrected chi connectivity index (χ4v) is 3.83. The number of nitrogens with zero attached hydrogens (tertiary/aromatic N) is 3. The first-order valence-corrected chi connectivity index (χ1v) is 10.2. The first-order chi connectivity index (χ1) is 14.5. The molecule has 0 radical (unpaired) electrons. The van der Waals surface area contributed by atoms with Gasteiger partial charge in [-0.1, -0.05) is 44.5 Å². The number of carbonyl (C=O) groups is 1. The van der Waals surface area contributed by atoms with Crippen LogP contribution < -0.4 is 16.8 Å². The van der Waals surface area contributed by atoms with Crippen LogP contribution in [0.15, 0.2) is 64.1 Å². The van der Waals surface area contributed by atoms with Crippen LogP contribution in [0.1, 0.15) is 25.8 Å². The molecule has 0 bridgehead atoms. The van der Waals surface area contributed by atoms with E-state index in [0.717, 1.165) is 34.4 Å². The largest absolute Gasteiger partial charge is 0.370 e. The maximum absolute atomic E-state index is 13.2. The van der Waals surface area contributed by atoms with E-state index >= 15 is 0 Å². The Labute approximate surface area is 175 Å². The second-order valence-corrected chi connectivity index (χ2v) is 7.64. The highest BCUT2D eigenvalue weighted by atomic mass is 16.2. The van der Waals surface area contributed by atoms with Crippen LogP contribution >= 0.6 is 0 Å². The van der Waals surface area contributed by atoms with E-state index in [1.165, 1.54) is 0 Å². The summed E-state index contributed by atoms with van der Waals surface area (Å²) in [5.74, 6) is 1.09. The Bertz CT molecular complexity index is 1090. The summed E-state index contributed by atoms with van der Waals surface area (Å²) in [6.07, 6.45) is 6.57. The van der Waals surface area contributed by atoms with Gasteiger partial charge in [0.1, 0.15) is 17.6 Å². The van der Waals surface area contributed by atoms with E-state index in [9.17, 15) is 4.79 Å². The molecule has 2 aromatic rings. The molecule has 2 aliphatic heterocycles. The normalized spacial score (nSPS) is 19.8. The van der Waals surface area contributed by atoms with E-state index in [-0.39, 0.29) is 23.8 Å². The Hall–Kier alpha value is -3.55. The van der Waals surface area contributed by atoms with Gasteiger partial charge in [0.2, 0.25) is 0 Å². The Morgan fingerprint density at radius 3 is 2.97 bits per heavy atom.